The van der Waals surface area contributed by atoms with E-state index in [0.717, 1.165) is 6.42 Å². The van der Waals surface area contributed by atoms with Gasteiger partial charge >= 0.3 is 5.97 Å². The van der Waals surface area contributed by atoms with Crippen LogP contribution in [0.4, 0.5) is 0 Å². The lowest BCUT2D eigenvalue weighted by molar-refractivity contribution is -0.849. The fourth-order valence-corrected chi connectivity index (χ4v) is 1.75. The van der Waals surface area contributed by atoms with Gasteiger partial charge in [0.2, 0.25) is 0 Å². The lowest BCUT2D eigenvalue weighted by Gasteiger charge is -2.33. The summed E-state index contributed by atoms with van der Waals surface area (Å²) >= 11 is 0. The summed E-state index contributed by atoms with van der Waals surface area (Å²) < 4.78 is 4.91. The van der Waals surface area contributed by atoms with Crippen LogP contribution in [-0.2, 0) is 9.53 Å². The molecule has 0 saturated carbocycles. The minimum Gasteiger partial charge on any atom is -0.633 e. The second-order valence-electron chi connectivity index (χ2n) is 4.43. The number of hydrogen-bond donors (Lipinski definition) is 0. The molecule has 4 heteroatoms. The summed E-state index contributed by atoms with van der Waals surface area (Å²) in [7, 11) is 1.67. The molecular weight excluding hydrogens is 194 g/mol. The highest BCUT2D eigenvalue weighted by atomic mass is 16.5. The quantitative estimate of drug-likeness (QED) is 0.308. The van der Waals surface area contributed by atoms with Gasteiger partial charge in [0.05, 0.1) is 20.1 Å². The average molecular weight is 213 g/mol. The van der Waals surface area contributed by atoms with Crippen LogP contribution in [0.25, 0.3) is 0 Å². The maximum Gasteiger partial charge on any atom is 0.333 e. The molecule has 0 amide bonds. The van der Waals surface area contributed by atoms with E-state index < -0.39 is 0 Å². The number of esters is 1. The van der Waals surface area contributed by atoms with Crippen molar-refractivity contribution in [2.45, 2.75) is 20.3 Å². The molecule has 0 N–H and O–H groups in total. The molecule has 4 nitrogen and oxygen atoms in total. The van der Waals surface area contributed by atoms with Crippen LogP contribution in [0.1, 0.15) is 20.3 Å². The summed E-state index contributed by atoms with van der Waals surface area (Å²) in [6, 6.07) is 0. The van der Waals surface area contributed by atoms with Crippen LogP contribution in [0, 0.1) is 11.1 Å². The van der Waals surface area contributed by atoms with E-state index in [2.05, 4.69) is 0 Å². The minimum absolute atomic E-state index is 0.204. The molecule has 0 aliphatic carbocycles. The van der Waals surface area contributed by atoms with Gasteiger partial charge in [-0.3, -0.25) is 0 Å². The number of allylic oxidation sites excluding steroid dienone is 1. The van der Waals surface area contributed by atoms with Gasteiger partial charge in [0.1, 0.15) is 6.61 Å². The van der Waals surface area contributed by atoms with Crippen LogP contribution in [0.5, 0.6) is 0 Å². The Labute approximate surface area is 90.7 Å². The Hall–Kier alpha value is -0.870. The molecule has 1 heterocycles. The third-order valence-electron chi connectivity index (χ3n) is 2.86. The zero-order valence-corrected chi connectivity index (χ0v) is 9.66. The lowest BCUT2D eigenvalue weighted by Crippen LogP contribution is -2.34. The number of rotatable bonds is 3. The van der Waals surface area contributed by atoms with Crippen LogP contribution in [0.2, 0.25) is 0 Å². The van der Waals surface area contributed by atoms with Gasteiger partial charge in [0.25, 0.3) is 0 Å². The normalized spacial score (nSPS) is 31.7. The Balaban J connectivity index is 2.30. The van der Waals surface area contributed by atoms with Crippen molar-refractivity contribution in [3.63, 3.8) is 0 Å². The van der Waals surface area contributed by atoms with E-state index in [9.17, 15) is 10.0 Å². The molecule has 0 spiro atoms. The van der Waals surface area contributed by atoms with Crippen molar-refractivity contribution < 1.29 is 14.2 Å². The Kier molecular flexibility index (Phi) is 3.88. The van der Waals surface area contributed by atoms with Crippen LogP contribution >= 0.6 is 0 Å². The topological polar surface area (TPSA) is 49.4 Å². The van der Waals surface area contributed by atoms with Crippen LogP contribution < -0.4 is 0 Å². The summed E-state index contributed by atoms with van der Waals surface area (Å²) in [6.45, 7) is 5.09. The molecule has 2 atom stereocenters. The summed E-state index contributed by atoms with van der Waals surface area (Å²) in [5.74, 6) is -0.0504. The number of quaternary nitrogens is 1. The number of hydroxylamine groups is 3. The second kappa shape index (κ2) is 4.77. The van der Waals surface area contributed by atoms with Gasteiger partial charge in [-0.25, -0.2) is 4.79 Å². The Morgan fingerprint density at radius 2 is 2.33 bits per heavy atom. The lowest BCUT2D eigenvalue weighted by atomic mass is 10.1. The number of likely N-dealkylation sites (tertiary alicyclic amines) is 1. The molecule has 1 aliphatic heterocycles. The van der Waals surface area contributed by atoms with Crippen molar-refractivity contribution >= 4 is 5.97 Å². The molecule has 0 radical (unpaired) electrons. The summed E-state index contributed by atoms with van der Waals surface area (Å²) in [5.41, 5.74) is 0.618. The van der Waals surface area contributed by atoms with Crippen molar-refractivity contribution in [2.24, 2.45) is 5.92 Å². The zero-order valence-electron chi connectivity index (χ0n) is 9.66. The van der Waals surface area contributed by atoms with Crippen molar-refractivity contribution in [2.75, 3.05) is 26.7 Å². The number of ether oxygens (including phenoxy) is 1. The number of hydrogen-bond acceptors (Lipinski definition) is 3. The molecule has 0 bridgehead atoms. The first-order valence-corrected chi connectivity index (χ1v) is 5.30. The van der Waals surface area contributed by atoms with Crippen LogP contribution in [0.15, 0.2) is 11.6 Å². The maximum atomic E-state index is 11.5. The Morgan fingerprint density at radius 3 is 2.80 bits per heavy atom. The van der Waals surface area contributed by atoms with Crippen LogP contribution in [0.3, 0.4) is 0 Å². The molecule has 0 aromatic carbocycles. The highest BCUT2D eigenvalue weighted by Gasteiger charge is 2.28. The van der Waals surface area contributed by atoms with Gasteiger partial charge in [0.15, 0.2) is 0 Å². The van der Waals surface area contributed by atoms with E-state index in [4.69, 9.17) is 4.74 Å². The van der Waals surface area contributed by atoms with E-state index in [-0.39, 0.29) is 16.5 Å². The predicted molar refractivity (Wildman–Crippen MR) is 57.8 cm³/mol. The Morgan fingerprint density at radius 1 is 1.67 bits per heavy atom. The number of carbonyl (C=O) groups is 1. The van der Waals surface area contributed by atoms with Gasteiger partial charge in [-0.15, -0.1) is 0 Å². The maximum absolute atomic E-state index is 11.5. The highest BCUT2D eigenvalue weighted by molar-refractivity contribution is 5.87. The van der Waals surface area contributed by atoms with E-state index in [0.29, 0.717) is 25.3 Å². The summed E-state index contributed by atoms with van der Waals surface area (Å²) in [6.07, 6.45) is 2.58. The van der Waals surface area contributed by atoms with E-state index in [1.165, 1.54) is 0 Å². The van der Waals surface area contributed by atoms with E-state index in [1.54, 1.807) is 27.0 Å². The fourth-order valence-electron chi connectivity index (χ4n) is 1.75. The van der Waals surface area contributed by atoms with Gasteiger partial charge in [-0.1, -0.05) is 6.08 Å². The summed E-state index contributed by atoms with van der Waals surface area (Å²) in [5, 5.41) is 11.5. The van der Waals surface area contributed by atoms with Crippen molar-refractivity contribution in [3.05, 3.63) is 16.9 Å². The molecule has 1 fully saturated rings. The molecule has 1 saturated heterocycles. The molecule has 15 heavy (non-hydrogen) atoms. The fraction of sp³-hybridized carbons (Fsp3) is 0.727. The smallest absolute Gasteiger partial charge is 0.333 e. The van der Waals surface area contributed by atoms with Crippen molar-refractivity contribution in [1.29, 1.82) is 0 Å². The number of carbonyl (C=O) groups excluding carboxylic acids is 1. The molecule has 1 aliphatic rings. The first-order valence-electron chi connectivity index (χ1n) is 5.30. The standard InChI is InChI=1S/C11H19NO3/c1-4-9(2)11(13)15-8-10-5-6-12(3,14)7-10/h4,10H,5-8H2,1-3H3/b9-4+. The van der Waals surface area contributed by atoms with Gasteiger partial charge in [0, 0.05) is 17.9 Å². The monoisotopic (exact) mass is 213 g/mol. The first-order chi connectivity index (χ1) is 6.94. The third-order valence-corrected chi connectivity index (χ3v) is 2.86. The Bertz CT molecular complexity index is 271. The molecule has 86 valence electrons. The van der Waals surface area contributed by atoms with Crippen LogP contribution in [-0.4, -0.2) is 37.4 Å². The molecular formula is C11H19NO3. The minimum atomic E-state index is -0.274. The van der Waals surface area contributed by atoms with E-state index >= 15 is 0 Å². The van der Waals surface area contributed by atoms with Crippen molar-refractivity contribution in [1.82, 2.24) is 0 Å². The first kappa shape index (κ1) is 12.2. The van der Waals surface area contributed by atoms with Gasteiger partial charge in [-0.2, -0.15) is 0 Å². The zero-order chi connectivity index (χ0) is 11.5. The highest BCUT2D eigenvalue weighted by Crippen LogP contribution is 2.21. The molecule has 0 aromatic heterocycles. The number of nitrogens with zero attached hydrogens (tertiary/aromatic N) is 1. The SMILES string of the molecule is C/C=C(\C)C(=O)OCC1CC[N+](C)([O-])C1. The van der Waals surface area contributed by atoms with E-state index in [1.807, 2.05) is 0 Å². The van der Waals surface area contributed by atoms with Crippen molar-refractivity contribution in [3.8, 4) is 0 Å². The van der Waals surface area contributed by atoms with Gasteiger partial charge in [-0.05, 0) is 13.8 Å². The molecule has 0 aromatic rings. The summed E-state index contributed by atoms with van der Waals surface area (Å²) in [4.78, 5) is 11.3. The average Bonchev–Trinajstić information content (AvgIpc) is 2.53. The second-order valence-corrected chi connectivity index (χ2v) is 4.43. The molecule has 2 unspecified atom stereocenters. The van der Waals surface area contributed by atoms with Gasteiger partial charge < -0.3 is 14.6 Å². The third kappa shape index (κ3) is 3.64. The largest absolute Gasteiger partial charge is 0.633 e. The predicted octanol–water partition coefficient (Wildman–Crippen LogP) is 1.46. The molecule has 1 rings (SSSR count).